The maximum Gasteiger partial charge on any atom is 0.416 e. The van der Waals surface area contributed by atoms with Crippen molar-refractivity contribution in [2.75, 3.05) is 0 Å². The van der Waals surface area contributed by atoms with Crippen LogP contribution in [0.5, 0.6) is 0 Å². The zero-order valence-corrected chi connectivity index (χ0v) is 19.2. The predicted molar refractivity (Wildman–Crippen MR) is 111 cm³/mol. The van der Waals surface area contributed by atoms with Gasteiger partial charge in [0, 0.05) is 10.6 Å². The van der Waals surface area contributed by atoms with Crippen molar-refractivity contribution in [1.82, 2.24) is 0 Å². The molecule has 0 radical (unpaired) electrons. The molecule has 1 rings (SSSR count). The molecule has 0 heterocycles. The Hall–Kier alpha value is -0.523. The Kier molecular flexibility index (Phi) is 8.89. The van der Waals surface area contributed by atoms with Crippen molar-refractivity contribution in [3.63, 3.8) is 0 Å². The van der Waals surface area contributed by atoms with Crippen molar-refractivity contribution in [1.29, 1.82) is 0 Å². The summed E-state index contributed by atoms with van der Waals surface area (Å²) in [5.74, 6) is 0. The zero-order valence-electron chi connectivity index (χ0n) is 17.5. The Morgan fingerprint density at radius 3 is 2.04 bits per heavy atom. The number of rotatable bonds is 9. The van der Waals surface area contributed by atoms with E-state index in [0.29, 0.717) is 6.42 Å². The lowest BCUT2D eigenvalue weighted by molar-refractivity contribution is -0.139. The first-order valence-electron chi connectivity index (χ1n) is 9.92. The SMILES string of the molecule is CC[Si](CC)(CC)OC(CCCC(C)(C)C)c1c(Cl)cccc1C(F)(F)F. The largest absolute Gasteiger partial charge is 0.416 e. The number of hydrogen-bond acceptors (Lipinski definition) is 1. The van der Waals surface area contributed by atoms with E-state index in [-0.39, 0.29) is 16.0 Å². The Bertz CT molecular complexity index is 584. The maximum atomic E-state index is 13.7. The Morgan fingerprint density at radius 1 is 1.04 bits per heavy atom. The highest BCUT2D eigenvalue weighted by Gasteiger charge is 2.39. The summed E-state index contributed by atoms with van der Waals surface area (Å²) < 4.78 is 47.6. The van der Waals surface area contributed by atoms with Crippen LogP contribution in [0, 0.1) is 5.41 Å². The lowest BCUT2D eigenvalue weighted by Gasteiger charge is -2.35. The minimum atomic E-state index is -4.44. The van der Waals surface area contributed by atoms with Gasteiger partial charge in [-0.25, -0.2) is 0 Å². The predicted octanol–water partition coefficient (Wildman–Crippen LogP) is 8.64. The van der Waals surface area contributed by atoms with E-state index < -0.39 is 26.2 Å². The first-order valence-corrected chi connectivity index (χ1v) is 12.8. The van der Waals surface area contributed by atoms with Crippen LogP contribution < -0.4 is 0 Å². The molecule has 0 N–H and O–H groups in total. The average Bonchev–Trinajstić information content (AvgIpc) is 2.56. The van der Waals surface area contributed by atoms with Gasteiger partial charge in [0.2, 0.25) is 0 Å². The van der Waals surface area contributed by atoms with Crippen LogP contribution in [0.3, 0.4) is 0 Å². The Labute approximate surface area is 168 Å². The van der Waals surface area contributed by atoms with E-state index in [1.54, 1.807) is 6.07 Å². The zero-order chi connectivity index (χ0) is 20.9. The van der Waals surface area contributed by atoms with E-state index in [0.717, 1.165) is 37.0 Å². The summed E-state index contributed by atoms with van der Waals surface area (Å²) in [5, 5.41) is 0.150. The van der Waals surface area contributed by atoms with Gasteiger partial charge in [-0.05, 0) is 48.5 Å². The second-order valence-electron chi connectivity index (χ2n) is 8.50. The normalized spacial score (nSPS) is 14.4. The number of benzene rings is 1. The first kappa shape index (κ1) is 24.5. The van der Waals surface area contributed by atoms with Crippen LogP contribution >= 0.6 is 11.6 Å². The van der Waals surface area contributed by atoms with Crippen molar-refractivity contribution in [3.05, 3.63) is 34.3 Å². The molecular formula is C21H34ClF3OSi. The van der Waals surface area contributed by atoms with E-state index in [1.165, 1.54) is 6.07 Å². The molecule has 0 fully saturated rings. The molecule has 1 atom stereocenters. The van der Waals surface area contributed by atoms with Crippen molar-refractivity contribution < 1.29 is 17.6 Å². The van der Waals surface area contributed by atoms with Crippen LogP contribution in [-0.4, -0.2) is 8.32 Å². The summed E-state index contributed by atoms with van der Waals surface area (Å²) >= 11 is 6.29. The van der Waals surface area contributed by atoms with E-state index in [9.17, 15) is 13.2 Å². The summed E-state index contributed by atoms with van der Waals surface area (Å²) in [6.07, 6.45) is -2.76. The summed E-state index contributed by atoms with van der Waals surface area (Å²) in [6.45, 7) is 12.7. The smallest absolute Gasteiger partial charge is 0.410 e. The van der Waals surface area contributed by atoms with Crippen LogP contribution in [0.1, 0.15) is 78.0 Å². The quantitative estimate of drug-likeness (QED) is 0.362. The molecule has 156 valence electrons. The van der Waals surface area contributed by atoms with Crippen molar-refractivity contribution in [2.45, 2.75) is 91.2 Å². The molecule has 0 aliphatic rings. The lowest BCUT2D eigenvalue weighted by Crippen LogP contribution is -2.37. The summed E-state index contributed by atoms with van der Waals surface area (Å²) in [7, 11) is -2.09. The van der Waals surface area contributed by atoms with Crippen molar-refractivity contribution in [3.8, 4) is 0 Å². The van der Waals surface area contributed by atoms with Gasteiger partial charge in [-0.2, -0.15) is 13.2 Å². The van der Waals surface area contributed by atoms with Gasteiger partial charge in [0.1, 0.15) is 0 Å². The summed E-state index contributed by atoms with van der Waals surface area (Å²) in [6, 6.07) is 6.70. The van der Waals surface area contributed by atoms with Gasteiger partial charge < -0.3 is 4.43 Å². The van der Waals surface area contributed by atoms with Crippen LogP contribution in [0.2, 0.25) is 23.2 Å². The van der Waals surface area contributed by atoms with E-state index in [1.807, 2.05) is 0 Å². The molecule has 27 heavy (non-hydrogen) atoms. The molecule has 1 aromatic rings. The molecule has 1 unspecified atom stereocenters. The number of hydrogen-bond donors (Lipinski definition) is 0. The van der Waals surface area contributed by atoms with Gasteiger partial charge in [0.15, 0.2) is 8.32 Å². The third-order valence-electron chi connectivity index (χ3n) is 5.40. The molecule has 0 aliphatic heterocycles. The van der Waals surface area contributed by atoms with Gasteiger partial charge in [0.05, 0.1) is 11.7 Å². The Balaban J connectivity index is 3.33. The lowest BCUT2D eigenvalue weighted by atomic mass is 9.88. The molecule has 0 aromatic heterocycles. The molecule has 0 saturated carbocycles. The molecule has 1 nitrogen and oxygen atoms in total. The topological polar surface area (TPSA) is 9.23 Å². The molecule has 1 aromatic carbocycles. The Morgan fingerprint density at radius 2 is 1.59 bits per heavy atom. The third-order valence-corrected chi connectivity index (χ3v) is 10.4. The van der Waals surface area contributed by atoms with Crippen molar-refractivity contribution in [2.24, 2.45) is 5.41 Å². The second kappa shape index (κ2) is 9.79. The van der Waals surface area contributed by atoms with Crippen LogP contribution in [0.15, 0.2) is 18.2 Å². The van der Waals surface area contributed by atoms with Crippen LogP contribution in [-0.2, 0) is 10.6 Å². The first-order chi connectivity index (χ1) is 12.4. The van der Waals surface area contributed by atoms with Crippen molar-refractivity contribution >= 4 is 19.9 Å². The molecule has 0 aliphatic carbocycles. The fourth-order valence-corrected chi connectivity index (χ4v) is 6.63. The second-order valence-corrected chi connectivity index (χ2v) is 13.6. The monoisotopic (exact) mass is 422 g/mol. The number of halogens is 4. The third kappa shape index (κ3) is 7.10. The van der Waals surface area contributed by atoms with E-state index >= 15 is 0 Å². The molecule has 0 spiro atoms. The van der Waals surface area contributed by atoms with E-state index in [2.05, 4.69) is 41.5 Å². The fourth-order valence-electron chi connectivity index (χ4n) is 3.49. The summed E-state index contributed by atoms with van der Waals surface area (Å²) in [5.41, 5.74) is -0.415. The van der Waals surface area contributed by atoms with Crippen LogP contribution in [0.25, 0.3) is 0 Å². The van der Waals surface area contributed by atoms with Crippen LogP contribution in [0.4, 0.5) is 13.2 Å². The average molecular weight is 423 g/mol. The van der Waals surface area contributed by atoms with Gasteiger partial charge in [0.25, 0.3) is 0 Å². The standard InChI is InChI=1S/C21H34ClF3OSi/c1-7-27(8-2,9-3)26-18(14-11-15-20(4,5)6)19-16(21(23,24)25)12-10-13-17(19)22/h10,12-13,18H,7-9,11,14-15H2,1-6H3. The highest BCUT2D eigenvalue weighted by molar-refractivity contribution is 6.73. The van der Waals surface area contributed by atoms with E-state index in [4.69, 9.17) is 16.0 Å². The van der Waals surface area contributed by atoms with Gasteiger partial charge in [-0.1, -0.05) is 65.6 Å². The molecular weight excluding hydrogens is 389 g/mol. The minimum absolute atomic E-state index is 0.118. The van der Waals surface area contributed by atoms with Gasteiger partial charge in [-0.15, -0.1) is 0 Å². The molecule has 6 heteroatoms. The highest BCUT2D eigenvalue weighted by Crippen LogP contribution is 2.43. The molecule has 0 saturated heterocycles. The molecule has 0 amide bonds. The minimum Gasteiger partial charge on any atom is -0.410 e. The summed E-state index contributed by atoms with van der Waals surface area (Å²) in [4.78, 5) is 0. The fraction of sp³-hybridized carbons (Fsp3) is 0.714. The number of alkyl halides is 3. The maximum absolute atomic E-state index is 13.7. The van der Waals surface area contributed by atoms with Gasteiger partial charge in [-0.3, -0.25) is 0 Å². The van der Waals surface area contributed by atoms with Gasteiger partial charge >= 0.3 is 6.18 Å². The molecule has 0 bridgehead atoms. The highest BCUT2D eigenvalue weighted by atomic mass is 35.5.